The van der Waals surface area contributed by atoms with Gasteiger partial charge in [-0.2, -0.15) is 0 Å². The van der Waals surface area contributed by atoms with Crippen LogP contribution in [0.25, 0.3) is 0 Å². The highest BCUT2D eigenvalue weighted by molar-refractivity contribution is 5.43. The molecule has 104 valence electrons. The second kappa shape index (κ2) is 5.39. The number of benzene rings is 2. The monoisotopic (exact) mass is 266 g/mol. The normalized spacial score (nSPS) is 15.2. The van der Waals surface area contributed by atoms with Crippen LogP contribution in [0, 0.1) is 13.8 Å². The minimum absolute atomic E-state index is 0.0702. The molecular weight excluding hydrogens is 244 g/mol. The molecule has 2 nitrogen and oxygen atoms in total. The van der Waals surface area contributed by atoms with E-state index in [4.69, 9.17) is 5.84 Å². The quantitative estimate of drug-likeness (QED) is 0.660. The molecular formula is C18H22N2. The summed E-state index contributed by atoms with van der Waals surface area (Å²) in [7, 11) is 0. The average Bonchev–Trinajstić information content (AvgIpc) is 2.91. The van der Waals surface area contributed by atoms with Crippen molar-refractivity contribution >= 4 is 0 Å². The van der Waals surface area contributed by atoms with Gasteiger partial charge >= 0.3 is 0 Å². The Morgan fingerprint density at radius 3 is 2.60 bits per heavy atom. The van der Waals surface area contributed by atoms with Gasteiger partial charge in [-0.05, 0) is 60.9 Å². The molecule has 0 bridgehead atoms. The van der Waals surface area contributed by atoms with Crippen molar-refractivity contribution in [2.24, 2.45) is 5.84 Å². The summed E-state index contributed by atoms with van der Waals surface area (Å²) >= 11 is 0. The summed E-state index contributed by atoms with van der Waals surface area (Å²) in [6, 6.07) is 13.4. The number of rotatable bonds is 3. The summed E-state index contributed by atoms with van der Waals surface area (Å²) in [5.74, 6) is 5.85. The number of hydrogen-bond acceptors (Lipinski definition) is 2. The summed E-state index contributed by atoms with van der Waals surface area (Å²) in [6.45, 7) is 4.27. The molecule has 1 aliphatic rings. The molecule has 1 unspecified atom stereocenters. The lowest BCUT2D eigenvalue weighted by Gasteiger charge is -2.20. The molecule has 0 radical (unpaired) electrons. The van der Waals surface area contributed by atoms with Crippen LogP contribution in [0.2, 0.25) is 0 Å². The molecule has 1 atom stereocenters. The van der Waals surface area contributed by atoms with E-state index in [0.717, 1.165) is 0 Å². The molecule has 0 amide bonds. The molecule has 0 spiro atoms. The minimum atomic E-state index is 0.0702. The number of fused-ring (bicyclic) bond motifs is 1. The molecule has 0 saturated heterocycles. The highest BCUT2D eigenvalue weighted by atomic mass is 15.2. The first-order chi connectivity index (χ1) is 9.69. The van der Waals surface area contributed by atoms with E-state index in [1.54, 1.807) is 0 Å². The predicted molar refractivity (Wildman–Crippen MR) is 83.5 cm³/mol. The summed E-state index contributed by atoms with van der Waals surface area (Å²) < 4.78 is 0. The first kappa shape index (κ1) is 13.3. The van der Waals surface area contributed by atoms with Gasteiger partial charge in [-0.3, -0.25) is 5.84 Å². The van der Waals surface area contributed by atoms with E-state index < -0.39 is 0 Å². The Hall–Kier alpha value is -1.64. The van der Waals surface area contributed by atoms with Crippen LogP contribution < -0.4 is 11.3 Å². The molecule has 0 fully saturated rings. The zero-order chi connectivity index (χ0) is 14.1. The van der Waals surface area contributed by atoms with Crippen molar-refractivity contribution in [3.8, 4) is 0 Å². The molecule has 0 heterocycles. The molecule has 0 aliphatic heterocycles. The highest BCUT2D eigenvalue weighted by Crippen LogP contribution is 2.29. The number of hydrazine groups is 1. The Bertz CT molecular complexity index is 631. The van der Waals surface area contributed by atoms with E-state index in [1.165, 1.54) is 52.6 Å². The lowest BCUT2D eigenvalue weighted by atomic mass is 9.92. The van der Waals surface area contributed by atoms with Crippen LogP contribution >= 0.6 is 0 Å². The fourth-order valence-electron chi connectivity index (χ4n) is 3.21. The van der Waals surface area contributed by atoms with Crippen LogP contribution in [0.1, 0.15) is 45.8 Å². The van der Waals surface area contributed by atoms with E-state index in [1.807, 2.05) is 0 Å². The van der Waals surface area contributed by atoms with Gasteiger partial charge in [0.05, 0.1) is 6.04 Å². The summed E-state index contributed by atoms with van der Waals surface area (Å²) in [6.07, 6.45) is 3.70. The van der Waals surface area contributed by atoms with Crippen molar-refractivity contribution in [1.29, 1.82) is 0 Å². The van der Waals surface area contributed by atoms with Crippen molar-refractivity contribution in [3.63, 3.8) is 0 Å². The largest absolute Gasteiger partial charge is 0.271 e. The number of aryl methyl sites for hydroxylation is 4. The van der Waals surface area contributed by atoms with Gasteiger partial charge in [-0.15, -0.1) is 0 Å². The van der Waals surface area contributed by atoms with Crippen LogP contribution in [-0.2, 0) is 12.8 Å². The van der Waals surface area contributed by atoms with Crippen LogP contribution in [0.15, 0.2) is 36.4 Å². The maximum absolute atomic E-state index is 5.85. The van der Waals surface area contributed by atoms with Gasteiger partial charge in [0, 0.05) is 0 Å². The molecule has 3 rings (SSSR count). The molecule has 0 saturated carbocycles. The fourth-order valence-corrected chi connectivity index (χ4v) is 3.21. The van der Waals surface area contributed by atoms with Crippen molar-refractivity contribution < 1.29 is 0 Å². The van der Waals surface area contributed by atoms with Gasteiger partial charge in [0.25, 0.3) is 0 Å². The van der Waals surface area contributed by atoms with Crippen LogP contribution in [0.4, 0.5) is 0 Å². The maximum Gasteiger partial charge on any atom is 0.0712 e. The van der Waals surface area contributed by atoms with Gasteiger partial charge in [0.15, 0.2) is 0 Å². The first-order valence-corrected chi connectivity index (χ1v) is 7.34. The zero-order valence-corrected chi connectivity index (χ0v) is 12.2. The highest BCUT2D eigenvalue weighted by Gasteiger charge is 2.18. The van der Waals surface area contributed by atoms with E-state index in [2.05, 4.69) is 55.7 Å². The smallest absolute Gasteiger partial charge is 0.0712 e. The van der Waals surface area contributed by atoms with Gasteiger partial charge in [0.1, 0.15) is 0 Å². The van der Waals surface area contributed by atoms with Crippen molar-refractivity contribution in [2.75, 3.05) is 0 Å². The Morgan fingerprint density at radius 1 is 1.00 bits per heavy atom. The number of nitrogens with two attached hydrogens (primary N) is 1. The van der Waals surface area contributed by atoms with Gasteiger partial charge < -0.3 is 0 Å². The van der Waals surface area contributed by atoms with E-state index in [9.17, 15) is 0 Å². The SMILES string of the molecule is Cc1ccc(C)c(C(NN)c2ccc3c(c2)CCC3)c1. The fraction of sp³-hybridized carbons (Fsp3) is 0.333. The standard InChI is InChI=1S/C18H22N2/c1-12-6-7-13(2)17(10-12)18(20-19)16-9-8-14-4-3-5-15(14)11-16/h6-11,18,20H,3-5,19H2,1-2H3. The van der Waals surface area contributed by atoms with Crippen molar-refractivity contribution in [3.05, 3.63) is 69.8 Å². The minimum Gasteiger partial charge on any atom is -0.271 e. The van der Waals surface area contributed by atoms with E-state index >= 15 is 0 Å². The summed E-state index contributed by atoms with van der Waals surface area (Å²) in [5.41, 5.74) is 11.1. The average molecular weight is 266 g/mol. The Morgan fingerprint density at radius 2 is 1.80 bits per heavy atom. The molecule has 2 aromatic rings. The molecule has 3 N–H and O–H groups in total. The second-order valence-electron chi connectivity index (χ2n) is 5.84. The van der Waals surface area contributed by atoms with E-state index in [0.29, 0.717) is 0 Å². The third-order valence-corrected chi connectivity index (χ3v) is 4.37. The predicted octanol–water partition coefficient (Wildman–Crippen LogP) is 3.34. The van der Waals surface area contributed by atoms with Gasteiger partial charge in [0.2, 0.25) is 0 Å². The molecule has 1 aliphatic carbocycles. The zero-order valence-electron chi connectivity index (χ0n) is 12.2. The lowest BCUT2D eigenvalue weighted by Crippen LogP contribution is -2.29. The van der Waals surface area contributed by atoms with Crippen molar-refractivity contribution in [2.45, 2.75) is 39.2 Å². The Balaban J connectivity index is 2.03. The number of nitrogens with one attached hydrogen (secondary N) is 1. The number of hydrogen-bond donors (Lipinski definition) is 2. The third-order valence-electron chi connectivity index (χ3n) is 4.37. The third kappa shape index (κ3) is 2.37. The lowest BCUT2D eigenvalue weighted by molar-refractivity contribution is 0.632. The topological polar surface area (TPSA) is 38.0 Å². The van der Waals surface area contributed by atoms with Crippen LogP contribution in [0.3, 0.4) is 0 Å². The van der Waals surface area contributed by atoms with Gasteiger partial charge in [-0.25, -0.2) is 5.43 Å². The van der Waals surface area contributed by atoms with Crippen LogP contribution in [-0.4, -0.2) is 0 Å². The van der Waals surface area contributed by atoms with Crippen LogP contribution in [0.5, 0.6) is 0 Å². The van der Waals surface area contributed by atoms with Gasteiger partial charge in [-0.1, -0.05) is 42.0 Å². The molecule has 20 heavy (non-hydrogen) atoms. The maximum atomic E-state index is 5.85. The molecule has 0 aromatic heterocycles. The van der Waals surface area contributed by atoms with E-state index in [-0.39, 0.29) is 6.04 Å². The molecule has 2 heteroatoms. The first-order valence-electron chi connectivity index (χ1n) is 7.34. The Kier molecular flexibility index (Phi) is 3.60. The Labute approximate surface area is 121 Å². The molecule has 2 aromatic carbocycles. The summed E-state index contributed by atoms with van der Waals surface area (Å²) in [4.78, 5) is 0. The second-order valence-corrected chi connectivity index (χ2v) is 5.84. The van der Waals surface area contributed by atoms with Crippen molar-refractivity contribution in [1.82, 2.24) is 5.43 Å². The summed E-state index contributed by atoms with van der Waals surface area (Å²) in [5, 5.41) is 0.